The number of nitrogens with zero attached hydrogens (tertiary/aromatic N) is 1. The minimum Gasteiger partial charge on any atom is -0.444 e. The fourth-order valence-corrected chi connectivity index (χ4v) is 3.20. The first-order chi connectivity index (χ1) is 11.2. The minimum absolute atomic E-state index is 0.108. The van der Waals surface area contributed by atoms with Crippen molar-refractivity contribution in [3.8, 4) is 11.3 Å². The molecule has 122 valence electrons. The quantitative estimate of drug-likeness (QED) is 0.884. The fourth-order valence-electron chi connectivity index (χ4n) is 3.20. The van der Waals surface area contributed by atoms with Crippen molar-refractivity contribution in [2.75, 3.05) is 5.32 Å². The average molecular weight is 313 g/mol. The third-order valence-corrected chi connectivity index (χ3v) is 4.52. The Kier molecular flexibility index (Phi) is 5.08. The van der Waals surface area contributed by atoms with E-state index in [2.05, 4.69) is 10.3 Å². The summed E-state index contributed by atoms with van der Waals surface area (Å²) >= 11 is 0. The van der Waals surface area contributed by atoms with Crippen LogP contribution in [0.3, 0.4) is 0 Å². The maximum Gasteiger partial charge on any atom is 0.241 e. The normalized spacial score (nSPS) is 16.9. The summed E-state index contributed by atoms with van der Waals surface area (Å²) in [5, 5.41) is 2.89. The molecule has 1 atom stereocenters. The standard InChI is InChI=1S/C18H23N3O2/c19-16(10-13-4-2-1-3-5-13)18(22)21-15-8-6-14(7-9-15)17-11-20-12-23-17/h6-9,11-13,16H,1-5,10,19H2,(H,21,22). The first kappa shape index (κ1) is 15.7. The van der Waals surface area contributed by atoms with Gasteiger partial charge in [0.05, 0.1) is 12.2 Å². The molecule has 0 spiro atoms. The molecular weight excluding hydrogens is 290 g/mol. The Morgan fingerprint density at radius 2 is 2.00 bits per heavy atom. The summed E-state index contributed by atoms with van der Waals surface area (Å²) in [5.41, 5.74) is 7.74. The monoisotopic (exact) mass is 313 g/mol. The largest absolute Gasteiger partial charge is 0.444 e. The van der Waals surface area contributed by atoms with Gasteiger partial charge in [-0.15, -0.1) is 0 Å². The van der Waals surface area contributed by atoms with Crippen molar-refractivity contribution in [1.82, 2.24) is 4.98 Å². The summed E-state index contributed by atoms with van der Waals surface area (Å²) in [6.45, 7) is 0. The first-order valence-electron chi connectivity index (χ1n) is 8.28. The number of carbonyl (C=O) groups excluding carboxylic acids is 1. The summed E-state index contributed by atoms with van der Waals surface area (Å²) < 4.78 is 5.24. The zero-order valence-electron chi connectivity index (χ0n) is 13.2. The van der Waals surface area contributed by atoms with Crippen LogP contribution in [0.25, 0.3) is 11.3 Å². The van der Waals surface area contributed by atoms with Crippen LogP contribution in [-0.2, 0) is 4.79 Å². The van der Waals surface area contributed by atoms with E-state index in [4.69, 9.17) is 10.2 Å². The maximum absolute atomic E-state index is 12.2. The summed E-state index contributed by atoms with van der Waals surface area (Å²) in [6.07, 6.45) is 10.1. The third-order valence-electron chi connectivity index (χ3n) is 4.52. The van der Waals surface area contributed by atoms with E-state index >= 15 is 0 Å². The van der Waals surface area contributed by atoms with E-state index in [1.54, 1.807) is 6.20 Å². The van der Waals surface area contributed by atoms with Crippen molar-refractivity contribution in [3.63, 3.8) is 0 Å². The highest BCUT2D eigenvalue weighted by molar-refractivity contribution is 5.94. The fraction of sp³-hybridized carbons (Fsp3) is 0.444. The number of rotatable bonds is 5. The predicted octanol–water partition coefficient (Wildman–Crippen LogP) is 3.58. The molecule has 0 aliphatic heterocycles. The lowest BCUT2D eigenvalue weighted by Gasteiger charge is -2.24. The van der Waals surface area contributed by atoms with Gasteiger partial charge in [-0.3, -0.25) is 4.79 Å². The molecule has 5 nitrogen and oxygen atoms in total. The molecule has 5 heteroatoms. The van der Waals surface area contributed by atoms with E-state index < -0.39 is 6.04 Å². The molecule has 1 amide bonds. The number of nitrogens with two attached hydrogens (primary N) is 1. The molecule has 0 bridgehead atoms. The molecule has 1 aromatic carbocycles. The van der Waals surface area contributed by atoms with Crippen LogP contribution in [0, 0.1) is 5.92 Å². The van der Waals surface area contributed by atoms with E-state index in [1.165, 1.54) is 38.5 Å². The van der Waals surface area contributed by atoms with Gasteiger partial charge in [0.25, 0.3) is 0 Å². The second kappa shape index (κ2) is 7.42. The van der Waals surface area contributed by atoms with Crippen LogP contribution in [-0.4, -0.2) is 16.9 Å². The number of aromatic nitrogens is 1. The Morgan fingerprint density at radius 3 is 2.65 bits per heavy atom. The maximum atomic E-state index is 12.2. The van der Waals surface area contributed by atoms with Crippen LogP contribution in [0.2, 0.25) is 0 Å². The van der Waals surface area contributed by atoms with Gasteiger partial charge in [0.15, 0.2) is 12.2 Å². The molecular formula is C18H23N3O2. The molecule has 1 aromatic heterocycles. The Bertz CT molecular complexity index is 616. The molecule has 1 unspecified atom stereocenters. The molecule has 1 heterocycles. The van der Waals surface area contributed by atoms with E-state index in [0.717, 1.165) is 17.7 Å². The molecule has 0 saturated heterocycles. The van der Waals surface area contributed by atoms with Crippen molar-refractivity contribution < 1.29 is 9.21 Å². The van der Waals surface area contributed by atoms with Crippen LogP contribution in [0.15, 0.2) is 41.3 Å². The molecule has 3 N–H and O–H groups in total. The Hall–Kier alpha value is -2.14. The number of oxazole rings is 1. The van der Waals surface area contributed by atoms with Crippen LogP contribution < -0.4 is 11.1 Å². The van der Waals surface area contributed by atoms with Gasteiger partial charge in [-0.1, -0.05) is 32.1 Å². The molecule has 1 aliphatic rings. The summed E-state index contributed by atoms with van der Waals surface area (Å²) in [7, 11) is 0. The highest BCUT2D eigenvalue weighted by Crippen LogP contribution is 2.27. The number of carbonyl (C=O) groups is 1. The van der Waals surface area contributed by atoms with Crippen LogP contribution >= 0.6 is 0 Å². The van der Waals surface area contributed by atoms with Gasteiger partial charge in [0.1, 0.15) is 0 Å². The molecule has 1 fully saturated rings. The van der Waals surface area contributed by atoms with Gasteiger partial charge in [0, 0.05) is 11.3 Å². The Balaban J connectivity index is 1.54. The lowest BCUT2D eigenvalue weighted by atomic mass is 9.85. The van der Waals surface area contributed by atoms with E-state index in [-0.39, 0.29) is 5.91 Å². The van der Waals surface area contributed by atoms with Crippen molar-refractivity contribution >= 4 is 11.6 Å². The summed E-state index contributed by atoms with van der Waals surface area (Å²) in [6, 6.07) is 7.05. The van der Waals surface area contributed by atoms with Crippen molar-refractivity contribution in [2.24, 2.45) is 11.7 Å². The summed E-state index contributed by atoms with van der Waals surface area (Å²) in [4.78, 5) is 16.1. The van der Waals surface area contributed by atoms with E-state index in [9.17, 15) is 4.79 Å². The molecule has 3 rings (SSSR count). The lowest BCUT2D eigenvalue weighted by molar-refractivity contribution is -0.117. The van der Waals surface area contributed by atoms with E-state index in [0.29, 0.717) is 11.7 Å². The highest BCUT2D eigenvalue weighted by Gasteiger charge is 2.21. The third kappa shape index (κ3) is 4.20. The van der Waals surface area contributed by atoms with Gasteiger partial charge in [-0.05, 0) is 36.6 Å². The van der Waals surface area contributed by atoms with Crippen molar-refractivity contribution in [1.29, 1.82) is 0 Å². The second-order valence-electron chi connectivity index (χ2n) is 6.28. The highest BCUT2D eigenvalue weighted by atomic mass is 16.3. The molecule has 0 radical (unpaired) electrons. The van der Waals surface area contributed by atoms with Gasteiger partial charge >= 0.3 is 0 Å². The molecule has 1 saturated carbocycles. The second-order valence-corrected chi connectivity index (χ2v) is 6.28. The SMILES string of the molecule is NC(CC1CCCCC1)C(=O)Nc1ccc(-c2cnco2)cc1. The summed E-state index contributed by atoms with van der Waals surface area (Å²) in [5.74, 6) is 1.19. The first-order valence-corrected chi connectivity index (χ1v) is 8.28. The number of hydrogen-bond acceptors (Lipinski definition) is 4. The van der Waals surface area contributed by atoms with Gasteiger partial charge in [0.2, 0.25) is 5.91 Å². The number of amides is 1. The lowest BCUT2D eigenvalue weighted by Crippen LogP contribution is -2.37. The minimum atomic E-state index is -0.438. The number of anilines is 1. The number of nitrogens with one attached hydrogen (secondary N) is 1. The number of benzene rings is 1. The predicted molar refractivity (Wildman–Crippen MR) is 89.7 cm³/mol. The van der Waals surface area contributed by atoms with Gasteiger partial charge in [-0.25, -0.2) is 4.98 Å². The van der Waals surface area contributed by atoms with Gasteiger partial charge < -0.3 is 15.5 Å². The Morgan fingerprint density at radius 1 is 1.26 bits per heavy atom. The smallest absolute Gasteiger partial charge is 0.241 e. The molecule has 1 aliphatic carbocycles. The van der Waals surface area contributed by atoms with Gasteiger partial charge in [-0.2, -0.15) is 0 Å². The van der Waals surface area contributed by atoms with Crippen LogP contribution in [0.1, 0.15) is 38.5 Å². The topological polar surface area (TPSA) is 81.2 Å². The Labute approximate surface area is 136 Å². The molecule has 2 aromatic rings. The van der Waals surface area contributed by atoms with Crippen molar-refractivity contribution in [3.05, 3.63) is 36.9 Å². The zero-order valence-corrected chi connectivity index (χ0v) is 13.2. The van der Waals surface area contributed by atoms with E-state index in [1.807, 2.05) is 24.3 Å². The average Bonchev–Trinajstić information content (AvgIpc) is 3.11. The number of hydrogen-bond donors (Lipinski definition) is 2. The zero-order chi connectivity index (χ0) is 16.1. The van der Waals surface area contributed by atoms with Crippen LogP contribution in [0.5, 0.6) is 0 Å². The molecule has 23 heavy (non-hydrogen) atoms. The van der Waals surface area contributed by atoms with Crippen molar-refractivity contribution in [2.45, 2.75) is 44.6 Å². The van der Waals surface area contributed by atoms with Crippen LogP contribution in [0.4, 0.5) is 5.69 Å².